The summed E-state index contributed by atoms with van der Waals surface area (Å²) in [5, 5.41) is 0.105. The average Bonchev–Trinajstić information content (AvgIpc) is 2.72. The van der Waals surface area contributed by atoms with Gasteiger partial charge in [0.25, 0.3) is 15.9 Å². The summed E-state index contributed by atoms with van der Waals surface area (Å²) in [6, 6.07) is 7.67. The van der Waals surface area contributed by atoms with Gasteiger partial charge in [-0.3, -0.25) is 9.79 Å². The molecule has 0 aliphatic carbocycles. The molecular weight excluding hydrogens is 528 g/mol. The molecule has 2 aromatic carbocycles. The van der Waals surface area contributed by atoms with Gasteiger partial charge in [0.1, 0.15) is 16.3 Å². The van der Waals surface area contributed by atoms with Gasteiger partial charge in [0.15, 0.2) is 0 Å². The van der Waals surface area contributed by atoms with Crippen LogP contribution in [0.5, 0.6) is 5.75 Å². The lowest BCUT2D eigenvalue weighted by molar-refractivity contribution is -0.137. The molecule has 0 bridgehead atoms. The summed E-state index contributed by atoms with van der Waals surface area (Å²) in [5.74, 6) is -0.481. The van der Waals surface area contributed by atoms with Crippen molar-refractivity contribution in [3.8, 4) is 5.75 Å². The van der Waals surface area contributed by atoms with E-state index in [0.29, 0.717) is 23.6 Å². The van der Waals surface area contributed by atoms with Crippen LogP contribution in [0.15, 0.2) is 58.1 Å². The molecule has 1 amide bonds. The lowest BCUT2D eigenvalue weighted by Crippen LogP contribution is -2.31. The van der Waals surface area contributed by atoms with Crippen molar-refractivity contribution < 1.29 is 31.1 Å². The van der Waals surface area contributed by atoms with Crippen LogP contribution in [0.1, 0.15) is 38.8 Å². The Morgan fingerprint density at radius 2 is 1.77 bits per heavy atom. The van der Waals surface area contributed by atoms with Gasteiger partial charge in [-0.1, -0.05) is 29.3 Å². The third-order valence-electron chi connectivity index (χ3n) is 3.95. The lowest BCUT2D eigenvalue weighted by Gasteiger charge is -2.11. The fourth-order valence-corrected chi connectivity index (χ4v) is 4.33. The number of nitrogens with one attached hydrogen (secondary N) is 1. The Morgan fingerprint density at radius 3 is 2.26 bits per heavy atom. The maximum Gasteiger partial charge on any atom is 0.416 e. The number of allylic oxidation sites excluding steroid dienone is 1. The molecule has 0 unspecified atom stereocenters. The highest BCUT2D eigenvalue weighted by Crippen LogP contribution is 2.31. The Labute approximate surface area is 212 Å². The Balaban J connectivity index is 0.000000427. The van der Waals surface area contributed by atoms with Gasteiger partial charge in [-0.25, -0.2) is 13.1 Å². The Bertz CT molecular complexity index is 1200. The molecule has 2 aromatic rings. The van der Waals surface area contributed by atoms with Crippen LogP contribution in [0.2, 0.25) is 10.0 Å². The number of carbonyl (C=O) groups excluding carboxylic acids is 1. The number of hydrogen-bond donors (Lipinski definition) is 1. The zero-order valence-electron chi connectivity index (χ0n) is 19.6. The largest absolute Gasteiger partial charge is 0.494 e. The van der Waals surface area contributed by atoms with E-state index in [1.165, 1.54) is 24.3 Å². The van der Waals surface area contributed by atoms with E-state index in [4.69, 9.17) is 27.9 Å². The van der Waals surface area contributed by atoms with Crippen LogP contribution in [-0.4, -0.2) is 26.6 Å². The number of nitrogens with zero attached hydrogens (tertiary/aromatic N) is 1. The van der Waals surface area contributed by atoms with Gasteiger partial charge in [-0.05, 0) is 70.5 Å². The van der Waals surface area contributed by atoms with Crippen molar-refractivity contribution in [3.05, 3.63) is 69.3 Å². The number of hydrogen-bond acceptors (Lipinski definition) is 5. The van der Waals surface area contributed by atoms with Crippen LogP contribution >= 0.6 is 23.2 Å². The van der Waals surface area contributed by atoms with Gasteiger partial charge in [0, 0.05) is 16.8 Å². The van der Waals surface area contributed by atoms with E-state index in [0.717, 1.165) is 12.1 Å². The second-order valence-electron chi connectivity index (χ2n) is 7.21. The molecular formula is C23H25Cl2F3N2O4S. The molecule has 0 radical (unpaired) electrons. The second-order valence-corrected chi connectivity index (χ2v) is 9.70. The standard InChI is InChI=1S/C15H19ClN2O4S.C8H6ClF3/c1-5-13(17-10(3)4)15(19)18-23(20,21)14-9-11(22-6-2)7-8-12(14)16;1-5-2-6(8(10,11)12)4-7(9)3-5/h5,7-9H,6H2,1-4H3,(H,18,19);2-4H,1H3/b13-5-;. The fraction of sp³-hybridized carbons (Fsp3) is 0.304. The van der Waals surface area contributed by atoms with Crippen LogP contribution < -0.4 is 9.46 Å². The second kappa shape index (κ2) is 12.9. The number of amides is 1. The highest BCUT2D eigenvalue weighted by molar-refractivity contribution is 7.90. The molecule has 0 fully saturated rings. The molecule has 0 aromatic heterocycles. The first kappa shape index (κ1) is 30.5. The summed E-state index contributed by atoms with van der Waals surface area (Å²) in [6.45, 7) is 8.72. The zero-order valence-corrected chi connectivity index (χ0v) is 22.0. The van der Waals surface area contributed by atoms with Crippen LogP contribution in [0.4, 0.5) is 13.2 Å². The van der Waals surface area contributed by atoms with E-state index < -0.39 is 27.7 Å². The molecule has 1 N–H and O–H groups in total. The third kappa shape index (κ3) is 9.91. The van der Waals surface area contributed by atoms with Crippen molar-refractivity contribution in [2.24, 2.45) is 4.99 Å². The first-order valence-corrected chi connectivity index (χ1v) is 12.4. The van der Waals surface area contributed by atoms with E-state index in [2.05, 4.69) is 4.99 Å². The molecule has 0 aliphatic heterocycles. The van der Waals surface area contributed by atoms with E-state index in [9.17, 15) is 26.4 Å². The third-order valence-corrected chi connectivity index (χ3v) is 5.98. The number of carbonyl (C=O) groups is 1. The molecule has 6 nitrogen and oxygen atoms in total. The fourth-order valence-electron chi connectivity index (χ4n) is 2.56. The lowest BCUT2D eigenvalue weighted by atomic mass is 10.1. The summed E-state index contributed by atoms with van der Waals surface area (Å²) >= 11 is 11.4. The predicted octanol–water partition coefficient (Wildman–Crippen LogP) is 6.60. The van der Waals surface area contributed by atoms with Crippen molar-refractivity contribution in [2.45, 2.75) is 45.7 Å². The molecule has 2 rings (SSSR count). The topological polar surface area (TPSA) is 84.8 Å². The van der Waals surface area contributed by atoms with Crippen LogP contribution in [0.3, 0.4) is 0 Å². The minimum absolute atomic E-state index is 0.00524. The first-order chi connectivity index (χ1) is 16.1. The molecule has 0 spiro atoms. The van der Waals surface area contributed by atoms with E-state index in [1.807, 2.05) is 4.72 Å². The maximum atomic E-state index is 12.4. The minimum atomic E-state index is -4.31. The van der Waals surface area contributed by atoms with Gasteiger partial charge < -0.3 is 4.74 Å². The number of alkyl halides is 3. The van der Waals surface area contributed by atoms with Crippen LogP contribution in [-0.2, 0) is 21.0 Å². The smallest absolute Gasteiger partial charge is 0.416 e. The van der Waals surface area contributed by atoms with E-state index in [-0.39, 0.29) is 20.6 Å². The number of rotatable bonds is 6. The summed E-state index contributed by atoms with van der Waals surface area (Å²) in [7, 11) is -4.14. The van der Waals surface area contributed by atoms with Gasteiger partial charge >= 0.3 is 6.18 Å². The quantitative estimate of drug-likeness (QED) is 0.323. The van der Waals surface area contributed by atoms with Gasteiger partial charge in [0.2, 0.25) is 0 Å². The molecule has 35 heavy (non-hydrogen) atoms. The first-order valence-electron chi connectivity index (χ1n) is 10.1. The van der Waals surface area contributed by atoms with E-state index in [1.54, 1.807) is 40.7 Å². The summed E-state index contributed by atoms with van der Waals surface area (Å²) in [6.07, 6.45) is -2.88. The number of aryl methyl sites for hydroxylation is 1. The zero-order chi connectivity index (χ0) is 27.0. The Hall–Kier alpha value is -2.56. The van der Waals surface area contributed by atoms with Gasteiger partial charge in [0.05, 0.1) is 17.2 Å². The average molecular weight is 553 g/mol. The van der Waals surface area contributed by atoms with Gasteiger partial charge in [-0.15, -0.1) is 0 Å². The van der Waals surface area contributed by atoms with Crippen LogP contribution in [0, 0.1) is 6.92 Å². The molecule has 0 aliphatic rings. The Kier molecular flexibility index (Phi) is 11.3. The summed E-state index contributed by atoms with van der Waals surface area (Å²) < 4.78 is 68.2. The molecule has 0 saturated heterocycles. The van der Waals surface area contributed by atoms with Gasteiger partial charge in [-0.2, -0.15) is 13.2 Å². The Morgan fingerprint density at radius 1 is 1.14 bits per heavy atom. The number of aliphatic imine (C=N–C) groups is 1. The number of ether oxygens (including phenoxy) is 1. The monoisotopic (exact) mass is 552 g/mol. The molecule has 12 heteroatoms. The normalized spacial score (nSPS) is 11.8. The maximum absolute atomic E-state index is 12.4. The molecule has 192 valence electrons. The number of halogens is 5. The minimum Gasteiger partial charge on any atom is -0.494 e. The van der Waals surface area contributed by atoms with Crippen molar-refractivity contribution in [1.29, 1.82) is 0 Å². The highest BCUT2D eigenvalue weighted by atomic mass is 35.5. The summed E-state index contributed by atoms with van der Waals surface area (Å²) in [5.41, 5.74) is 0.440. The van der Waals surface area contributed by atoms with Crippen molar-refractivity contribution >= 4 is 44.8 Å². The van der Waals surface area contributed by atoms with Crippen molar-refractivity contribution in [3.63, 3.8) is 0 Å². The summed E-state index contributed by atoms with van der Waals surface area (Å²) in [4.78, 5) is 15.8. The molecule has 0 saturated carbocycles. The number of benzene rings is 2. The predicted molar refractivity (Wildman–Crippen MR) is 132 cm³/mol. The highest BCUT2D eigenvalue weighted by Gasteiger charge is 2.30. The molecule has 0 atom stereocenters. The van der Waals surface area contributed by atoms with Crippen LogP contribution in [0.25, 0.3) is 0 Å². The number of sulfonamides is 1. The van der Waals surface area contributed by atoms with E-state index >= 15 is 0 Å². The SMILES string of the molecule is C/C=C(\N=C(C)C)C(=O)NS(=O)(=O)c1cc(OCC)ccc1Cl.Cc1cc(Cl)cc(C(F)(F)F)c1. The van der Waals surface area contributed by atoms with Crippen molar-refractivity contribution in [1.82, 2.24) is 4.72 Å². The molecule has 0 heterocycles. The van der Waals surface area contributed by atoms with Crippen molar-refractivity contribution in [2.75, 3.05) is 6.61 Å².